The van der Waals surface area contributed by atoms with Crippen LogP contribution < -0.4 is 8.70 Å². The van der Waals surface area contributed by atoms with E-state index in [2.05, 4.69) is 59.2 Å². The summed E-state index contributed by atoms with van der Waals surface area (Å²) in [6.07, 6.45) is 0. The Balaban J connectivity index is 2.44. The van der Waals surface area contributed by atoms with Crippen LogP contribution in [0.5, 0.6) is 0 Å². The Bertz CT molecular complexity index is 679. The van der Waals surface area contributed by atoms with Gasteiger partial charge < -0.3 is 0 Å². The Kier molecular flexibility index (Phi) is 3.54. The molecule has 1 nitrogen and oxygen atoms in total. The van der Waals surface area contributed by atoms with E-state index < -0.39 is 29.3 Å². The van der Waals surface area contributed by atoms with Crippen molar-refractivity contribution in [3.63, 3.8) is 0 Å². The van der Waals surface area contributed by atoms with E-state index in [1.165, 1.54) is 19.5 Å². The zero-order valence-electron chi connectivity index (χ0n) is 11.8. The molecule has 0 spiro atoms. The fourth-order valence-corrected chi connectivity index (χ4v) is 6.51. The molecule has 0 N–H and O–H groups in total. The van der Waals surface area contributed by atoms with Crippen LogP contribution in [-0.2, 0) is 0 Å². The van der Waals surface area contributed by atoms with E-state index in [0.29, 0.717) is 0 Å². The SMILES string of the molecule is C[As](C)c1cccc2c1oc1c([As](C)C)cccc12. The van der Waals surface area contributed by atoms with Gasteiger partial charge in [0.25, 0.3) is 0 Å². The maximum atomic E-state index is 6.31. The third-order valence-electron chi connectivity index (χ3n) is 3.45. The molecule has 0 bridgehead atoms. The predicted octanol–water partition coefficient (Wildman–Crippen LogP) is 3.51. The van der Waals surface area contributed by atoms with E-state index in [9.17, 15) is 0 Å². The summed E-state index contributed by atoms with van der Waals surface area (Å²) in [5.41, 5.74) is 11.8. The monoisotopic (exact) mass is 376 g/mol. The van der Waals surface area contributed by atoms with Crippen molar-refractivity contribution in [1.29, 1.82) is 0 Å². The molecule has 98 valence electrons. The molecule has 1 aromatic heterocycles. The molecule has 0 unspecified atom stereocenters. The van der Waals surface area contributed by atoms with Gasteiger partial charge in [-0.05, 0) is 0 Å². The molecule has 0 saturated heterocycles. The standard InChI is InChI=1S/C16H18As2O/c1-17(2)13-9-5-7-11-12-8-6-10-14(18(3)4)16(12)19-15(11)13/h5-10H,1-4H3. The predicted molar refractivity (Wildman–Crippen MR) is 88.0 cm³/mol. The van der Waals surface area contributed by atoms with E-state index >= 15 is 0 Å². The van der Waals surface area contributed by atoms with Crippen LogP contribution in [0.15, 0.2) is 40.8 Å². The molecule has 3 aromatic rings. The van der Waals surface area contributed by atoms with Crippen LogP contribution in [-0.4, -0.2) is 29.3 Å². The summed E-state index contributed by atoms with van der Waals surface area (Å²) in [7, 11) is 0. The normalized spacial score (nSPS) is 12.1. The first kappa shape index (κ1) is 13.3. The average molecular weight is 376 g/mol. The van der Waals surface area contributed by atoms with Gasteiger partial charge in [0.15, 0.2) is 0 Å². The Hall–Kier alpha value is -0.643. The molecule has 3 rings (SSSR count). The fraction of sp³-hybridized carbons (Fsp3) is 0.250. The molecular formula is C16H18As2O. The molecule has 3 heteroatoms. The van der Waals surface area contributed by atoms with E-state index in [0.717, 1.165) is 11.2 Å². The second-order valence-electron chi connectivity index (χ2n) is 5.20. The van der Waals surface area contributed by atoms with Crippen molar-refractivity contribution in [1.82, 2.24) is 0 Å². The molecule has 0 atom stereocenters. The first-order valence-corrected chi connectivity index (χ1v) is 15.8. The fourth-order valence-electron chi connectivity index (χ4n) is 2.49. The molecular weight excluding hydrogens is 358 g/mol. The van der Waals surface area contributed by atoms with E-state index in [4.69, 9.17) is 4.42 Å². The van der Waals surface area contributed by atoms with Crippen LogP contribution in [0.25, 0.3) is 21.9 Å². The van der Waals surface area contributed by atoms with Gasteiger partial charge in [-0.2, -0.15) is 0 Å². The average Bonchev–Trinajstić information content (AvgIpc) is 2.76. The third-order valence-corrected chi connectivity index (χ3v) is 8.97. The van der Waals surface area contributed by atoms with Gasteiger partial charge in [0.1, 0.15) is 0 Å². The molecule has 0 aliphatic rings. The summed E-state index contributed by atoms with van der Waals surface area (Å²) in [5, 5.41) is 2.60. The van der Waals surface area contributed by atoms with Crippen LogP contribution in [0.2, 0.25) is 22.8 Å². The molecule has 0 aliphatic carbocycles. The quantitative estimate of drug-likeness (QED) is 0.624. The number of rotatable bonds is 2. The number of hydrogen-bond donors (Lipinski definition) is 0. The van der Waals surface area contributed by atoms with Crippen LogP contribution in [0.3, 0.4) is 0 Å². The van der Waals surface area contributed by atoms with E-state index in [1.54, 1.807) is 0 Å². The first-order chi connectivity index (χ1) is 9.09. The van der Waals surface area contributed by atoms with Gasteiger partial charge in [-0.1, -0.05) is 0 Å². The summed E-state index contributed by atoms with van der Waals surface area (Å²) in [6, 6.07) is 13.3. The van der Waals surface area contributed by atoms with Crippen LogP contribution in [0.1, 0.15) is 0 Å². The van der Waals surface area contributed by atoms with Crippen molar-refractivity contribution in [3.8, 4) is 0 Å². The van der Waals surface area contributed by atoms with Gasteiger partial charge in [-0.15, -0.1) is 0 Å². The molecule has 0 saturated carbocycles. The molecule has 1 heterocycles. The summed E-state index contributed by atoms with van der Waals surface area (Å²) in [4.78, 5) is 0. The second kappa shape index (κ2) is 5.04. The second-order valence-corrected chi connectivity index (χ2v) is 14.7. The number of furan rings is 1. The van der Waals surface area contributed by atoms with Crippen LogP contribution >= 0.6 is 0 Å². The van der Waals surface area contributed by atoms with Crippen molar-refractivity contribution in [2.24, 2.45) is 0 Å². The Labute approximate surface area is 123 Å². The summed E-state index contributed by atoms with van der Waals surface area (Å²) < 4.78 is 9.22. The van der Waals surface area contributed by atoms with Gasteiger partial charge in [0, 0.05) is 0 Å². The van der Waals surface area contributed by atoms with E-state index in [-0.39, 0.29) is 0 Å². The summed E-state index contributed by atoms with van der Waals surface area (Å²) in [6.45, 7) is 0. The Morgan fingerprint density at radius 2 is 1.11 bits per heavy atom. The van der Waals surface area contributed by atoms with Gasteiger partial charge in [-0.3, -0.25) is 0 Å². The number of benzene rings is 2. The maximum absolute atomic E-state index is 6.31. The van der Waals surface area contributed by atoms with Crippen LogP contribution in [0, 0.1) is 0 Å². The molecule has 0 amide bonds. The van der Waals surface area contributed by atoms with Gasteiger partial charge in [0.2, 0.25) is 0 Å². The molecule has 2 aromatic carbocycles. The zero-order valence-corrected chi connectivity index (χ0v) is 15.5. The Morgan fingerprint density at radius 1 is 0.684 bits per heavy atom. The molecule has 0 radical (unpaired) electrons. The number of para-hydroxylation sites is 2. The molecule has 0 aliphatic heterocycles. The first-order valence-electron chi connectivity index (χ1n) is 6.38. The molecule has 0 fully saturated rings. The van der Waals surface area contributed by atoms with Gasteiger partial charge >= 0.3 is 124 Å². The summed E-state index contributed by atoms with van der Waals surface area (Å²) >= 11 is -1.85. The van der Waals surface area contributed by atoms with Gasteiger partial charge in [-0.25, -0.2) is 0 Å². The topological polar surface area (TPSA) is 13.1 Å². The van der Waals surface area contributed by atoms with Crippen molar-refractivity contribution in [2.75, 3.05) is 0 Å². The Morgan fingerprint density at radius 3 is 1.47 bits per heavy atom. The van der Waals surface area contributed by atoms with Crippen molar-refractivity contribution < 1.29 is 4.42 Å². The minimum atomic E-state index is -0.926. The number of hydrogen-bond acceptors (Lipinski definition) is 1. The van der Waals surface area contributed by atoms with Crippen LogP contribution in [0.4, 0.5) is 0 Å². The van der Waals surface area contributed by atoms with Gasteiger partial charge in [0.05, 0.1) is 0 Å². The third kappa shape index (κ3) is 2.18. The zero-order chi connectivity index (χ0) is 13.6. The summed E-state index contributed by atoms with van der Waals surface area (Å²) in [5.74, 6) is 0. The van der Waals surface area contributed by atoms with E-state index in [1.807, 2.05) is 0 Å². The van der Waals surface area contributed by atoms with Crippen molar-refractivity contribution >= 4 is 59.9 Å². The van der Waals surface area contributed by atoms with Crippen molar-refractivity contribution in [3.05, 3.63) is 36.4 Å². The number of fused-ring (bicyclic) bond motifs is 3. The molecule has 19 heavy (non-hydrogen) atoms. The minimum absolute atomic E-state index is 0.926. The van der Waals surface area contributed by atoms with Crippen molar-refractivity contribution in [2.45, 2.75) is 22.8 Å².